The molecule has 4 rings (SSSR count). The first-order valence-corrected chi connectivity index (χ1v) is 12.2. The fourth-order valence-electron chi connectivity index (χ4n) is 4.74. The van der Waals surface area contributed by atoms with Gasteiger partial charge in [0.25, 0.3) is 11.6 Å². The van der Waals surface area contributed by atoms with E-state index in [2.05, 4.69) is 5.32 Å². The van der Waals surface area contributed by atoms with Crippen molar-refractivity contribution in [3.8, 4) is 0 Å². The van der Waals surface area contributed by atoms with Crippen LogP contribution in [0.2, 0.25) is 0 Å². The first-order valence-electron chi connectivity index (χ1n) is 12.2. The van der Waals surface area contributed by atoms with Crippen LogP contribution >= 0.6 is 0 Å². The molecular formula is C26H30N4O6. The van der Waals surface area contributed by atoms with Gasteiger partial charge >= 0.3 is 5.97 Å². The smallest absolute Gasteiger partial charge is 0.309 e. The van der Waals surface area contributed by atoms with Crippen LogP contribution in [0, 0.1) is 22.0 Å². The highest BCUT2D eigenvalue weighted by Gasteiger charge is 2.31. The van der Waals surface area contributed by atoms with Crippen LogP contribution in [0.15, 0.2) is 54.6 Å². The van der Waals surface area contributed by atoms with E-state index < -0.39 is 10.9 Å². The summed E-state index contributed by atoms with van der Waals surface area (Å²) in [5, 5.41) is 14.2. The molecular weight excluding hydrogens is 464 g/mol. The summed E-state index contributed by atoms with van der Waals surface area (Å²) in [6.45, 7) is 1.56. The monoisotopic (exact) mass is 494 g/mol. The summed E-state index contributed by atoms with van der Waals surface area (Å²) < 4.78 is 5.32. The zero-order chi connectivity index (χ0) is 25.5. The second kappa shape index (κ2) is 11.7. The number of benzene rings is 2. The van der Waals surface area contributed by atoms with Gasteiger partial charge in [-0.15, -0.1) is 0 Å². The molecule has 2 aromatic rings. The number of anilines is 2. The van der Waals surface area contributed by atoms with Crippen LogP contribution in [0.5, 0.6) is 0 Å². The number of amides is 2. The van der Waals surface area contributed by atoms with Crippen molar-refractivity contribution in [3.63, 3.8) is 0 Å². The fraction of sp³-hybridized carbons (Fsp3) is 0.423. The lowest BCUT2D eigenvalue weighted by atomic mass is 9.95. The molecule has 2 aliphatic rings. The number of hydrogen-bond donors (Lipinski definition) is 1. The lowest BCUT2D eigenvalue weighted by Gasteiger charge is -2.33. The Morgan fingerprint density at radius 1 is 0.889 bits per heavy atom. The normalized spacial score (nSPS) is 16.9. The molecule has 2 amide bonds. The number of esters is 1. The average Bonchev–Trinajstić information content (AvgIpc) is 2.92. The summed E-state index contributed by atoms with van der Waals surface area (Å²) in [5.41, 5.74) is 1.34. The number of nitrogens with zero attached hydrogens (tertiary/aromatic N) is 3. The van der Waals surface area contributed by atoms with Crippen LogP contribution in [-0.4, -0.2) is 60.4 Å². The van der Waals surface area contributed by atoms with Crippen molar-refractivity contribution >= 4 is 34.8 Å². The number of nitro groups is 1. The molecule has 0 unspecified atom stereocenters. The van der Waals surface area contributed by atoms with E-state index in [0.717, 1.165) is 5.69 Å². The first-order chi connectivity index (χ1) is 17.4. The van der Waals surface area contributed by atoms with Crippen LogP contribution in [-0.2, 0) is 19.1 Å². The molecule has 2 aliphatic heterocycles. The molecule has 36 heavy (non-hydrogen) atoms. The quantitative estimate of drug-likeness (QED) is 0.356. The van der Waals surface area contributed by atoms with Crippen LogP contribution in [0.25, 0.3) is 0 Å². The second-order valence-electron chi connectivity index (χ2n) is 9.13. The molecule has 10 heteroatoms. The number of para-hydroxylation sites is 3. The zero-order valence-corrected chi connectivity index (χ0v) is 20.0. The summed E-state index contributed by atoms with van der Waals surface area (Å²) in [6, 6.07) is 15.8. The van der Waals surface area contributed by atoms with Gasteiger partial charge in [-0.05, 0) is 43.9 Å². The van der Waals surface area contributed by atoms with Gasteiger partial charge in [0.2, 0.25) is 5.91 Å². The zero-order valence-electron chi connectivity index (χ0n) is 20.0. The molecule has 0 aliphatic carbocycles. The summed E-state index contributed by atoms with van der Waals surface area (Å²) in [5.74, 6) is -1.23. The van der Waals surface area contributed by atoms with E-state index >= 15 is 0 Å². The summed E-state index contributed by atoms with van der Waals surface area (Å²) in [4.78, 5) is 52.0. The number of ether oxygens (including phenoxy) is 1. The number of hydrogen-bond acceptors (Lipinski definition) is 7. The van der Waals surface area contributed by atoms with E-state index in [-0.39, 0.29) is 35.9 Å². The number of carbonyl (C=O) groups excluding carboxylic acids is 3. The molecule has 0 saturated carbocycles. The third-order valence-corrected chi connectivity index (χ3v) is 6.85. The molecule has 2 heterocycles. The minimum absolute atomic E-state index is 0.0467. The minimum atomic E-state index is -0.414. The Morgan fingerprint density at radius 2 is 1.50 bits per heavy atom. The van der Waals surface area contributed by atoms with Gasteiger partial charge in [-0.3, -0.25) is 24.5 Å². The minimum Gasteiger partial charge on any atom is -0.455 e. The van der Waals surface area contributed by atoms with E-state index in [4.69, 9.17) is 4.74 Å². The van der Waals surface area contributed by atoms with Crippen molar-refractivity contribution in [2.24, 2.45) is 11.8 Å². The van der Waals surface area contributed by atoms with E-state index in [1.165, 1.54) is 6.07 Å². The van der Waals surface area contributed by atoms with Crippen LogP contribution in [0.4, 0.5) is 17.1 Å². The third-order valence-electron chi connectivity index (χ3n) is 6.85. The third kappa shape index (κ3) is 6.18. The van der Waals surface area contributed by atoms with Gasteiger partial charge < -0.3 is 19.9 Å². The first kappa shape index (κ1) is 25.2. The summed E-state index contributed by atoms with van der Waals surface area (Å²) in [7, 11) is 0. The maximum atomic E-state index is 12.6. The molecule has 190 valence electrons. The van der Waals surface area contributed by atoms with Gasteiger partial charge in [0.1, 0.15) is 5.69 Å². The Kier molecular flexibility index (Phi) is 8.14. The predicted molar refractivity (Wildman–Crippen MR) is 133 cm³/mol. The highest BCUT2D eigenvalue weighted by atomic mass is 16.6. The van der Waals surface area contributed by atoms with Crippen molar-refractivity contribution in [2.45, 2.75) is 25.7 Å². The van der Waals surface area contributed by atoms with E-state index in [0.29, 0.717) is 57.5 Å². The maximum absolute atomic E-state index is 12.6. The standard InChI is InChI=1S/C26H30N4O6/c31-24(29-16-10-19(11-17-29)25(32)27-21-6-2-1-3-7-21)18-36-26(33)20-12-14-28(15-13-20)22-8-4-5-9-23(22)30(34)35/h1-9,19-20H,10-18H2,(H,27,32). The fourth-order valence-corrected chi connectivity index (χ4v) is 4.74. The molecule has 0 radical (unpaired) electrons. The molecule has 2 aromatic carbocycles. The number of nitro benzene ring substituents is 1. The van der Waals surface area contributed by atoms with Gasteiger partial charge in [-0.1, -0.05) is 30.3 Å². The van der Waals surface area contributed by atoms with Crippen molar-refractivity contribution in [1.82, 2.24) is 4.90 Å². The Hall–Kier alpha value is -3.95. The molecule has 2 saturated heterocycles. The lowest BCUT2D eigenvalue weighted by molar-refractivity contribution is -0.384. The van der Waals surface area contributed by atoms with Crippen molar-refractivity contribution in [2.75, 3.05) is 43.0 Å². The molecule has 2 fully saturated rings. The number of carbonyl (C=O) groups is 3. The Morgan fingerprint density at radius 3 is 2.17 bits per heavy atom. The lowest BCUT2D eigenvalue weighted by Crippen LogP contribution is -2.43. The van der Waals surface area contributed by atoms with E-state index in [1.807, 2.05) is 35.2 Å². The molecule has 0 bridgehead atoms. The summed E-state index contributed by atoms with van der Waals surface area (Å²) >= 11 is 0. The van der Waals surface area contributed by atoms with Gasteiger partial charge in [0, 0.05) is 43.9 Å². The highest BCUT2D eigenvalue weighted by Crippen LogP contribution is 2.31. The van der Waals surface area contributed by atoms with Gasteiger partial charge in [0.05, 0.1) is 10.8 Å². The number of nitrogens with one attached hydrogen (secondary N) is 1. The maximum Gasteiger partial charge on any atom is 0.309 e. The highest BCUT2D eigenvalue weighted by molar-refractivity contribution is 5.92. The largest absolute Gasteiger partial charge is 0.455 e. The van der Waals surface area contributed by atoms with E-state index in [1.54, 1.807) is 23.1 Å². The molecule has 0 aromatic heterocycles. The van der Waals surface area contributed by atoms with Gasteiger partial charge in [0.15, 0.2) is 6.61 Å². The van der Waals surface area contributed by atoms with Crippen molar-refractivity contribution in [1.29, 1.82) is 0 Å². The van der Waals surface area contributed by atoms with Crippen LogP contribution in [0.1, 0.15) is 25.7 Å². The average molecular weight is 495 g/mol. The van der Waals surface area contributed by atoms with Crippen molar-refractivity contribution < 1.29 is 24.0 Å². The topological polar surface area (TPSA) is 122 Å². The Bertz CT molecular complexity index is 1090. The van der Waals surface area contributed by atoms with Crippen LogP contribution < -0.4 is 10.2 Å². The predicted octanol–water partition coefficient (Wildman–Crippen LogP) is 3.23. The SMILES string of the molecule is O=C(Nc1ccccc1)C1CCN(C(=O)COC(=O)C2CCN(c3ccccc3[N+](=O)[O-])CC2)CC1. The number of likely N-dealkylation sites (tertiary alicyclic amines) is 1. The van der Waals surface area contributed by atoms with Crippen LogP contribution in [0.3, 0.4) is 0 Å². The van der Waals surface area contributed by atoms with Gasteiger partial charge in [-0.25, -0.2) is 0 Å². The van der Waals surface area contributed by atoms with Crippen molar-refractivity contribution in [3.05, 3.63) is 64.7 Å². The molecule has 0 atom stereocenters. The van der Waals surface area contributed by atoms with E-state index in [9.17, 15) is 24.5 Å². The summed E-state index contributed by atoms with van der Waals surface area (Å²) in [6.07, 6.45) is 2.12. The second-order valence-corrected chi connectivity index (χ2v) is 9.13. The molecule has 0 spiro atoms. The number of piperidine rings is 2. The molecule has 10 nitrogen and oxygen atoms in total. The Balaban J connectivity index is 1.18. The number of rotatable bonds is 7. The van der Waals surface area contributed by atoms with Gasteiger partial charge in [-0.2, -0.15) is 0 Å². The molecule has 1 N–H and O–H groups in total. The Labute approximate surface area is 209 Å².